The maximum Gasteiger partial charge on any atom is 0.262 e. The Morgan fingerprint density at radius 2 is 1.83 bits per heavy atom. The first kappa shape index (κ1) is 23.2. The van der Waals surface area contributed by atoms with E-state index in [-0.39, 0.29) is 5.56 Å². The summed E-state index contributed by atoms with van der Waals surface area (Å²) in [6.07, 6.45) is 0. The fourth-order valence-electron chi connectivity index (χ4n) is 3.76. The van der Waals surface area contributed by atoms with Gasteiger partial charge < -0.3 is 9.15 Å². The molecule has 2 aromatic heterocycles. The highest BCUT2D eigenvalue weighted by Gasteiger charge is 2.16. The fourth-order valence-corrected chi connectivity index (χ4v) is 4.89. The van der Waals surface area contributed by atoms with Crippen molar-refractivity contribution in [2.24, 2.45) is 0 Å². The van der Waals surface area contributed by atoms with Gasteiger partial charge in [0.15, 0.2) is 5.16 Å². The molecule has 2 heterocycles. The van der Waals surface area contributed by atoms with Crippen LogP contribution in [0.15, 0.2) is 87.2 Å². The molecule has 0 amide bonds. The van der Waals surface area contributed by atoms with E-state index in [9.17, 15) is 4.79 Å². The number of hydrogen-bond donors (Lipinski definition) is 0. The zero-order chi connectivity index (χ0) is 24.4. The summed E-state index contributed by atoms with van der Waals surface area (Å²) in [5.74, 6) is 2.51. The Kier molecular flexibility index (Phi) is 6.61. The van der Waals surface area contributed by atoms with Crippen LogP contribution in [0.4, 0.5) is 0 Å². The Morgan fingerprint density at radius 1 is 1.03 bits per heavy atom. The average molecular weight is 504 g/mol. The first-order valence-electron chi connectivity index (χ1n) is 11.0. The van der Waals surface area contributed by atoms with Gasteiger partial charge >= 0.3 is 0 Å². The first-order valence-corrected chi connectivity index (χ1v) is 12.4. The number of oxazole rings is 1. The number of ether oxygens (including phenoxy) is 1. The third kappa shape index (κ3) is 4.97. The van der Waals surface area contributed by atoms with E-state index in [0.717, 1.165) is 28.3 Å². The number of fused-ring (bicyclic) bond motifs is 1. The summed E-state index contributed by atoms with van der Waals surface area (Å²) in [6, 6.07) is 22.5. The molecule has 0 bridgehead atoms. The van der Waals surface area contributed by atoms with Crippen LogP contribution in [0.1, 0.15) is 17.0 Å². The summed E-state index contributed by atoms with van der Waals surface area (Å²) >= 11 is 7.46. The quantitative estimate of drug-likeness (QED) is 0.190. The molecule has 5 aromatic rings. The van der Waals surface area contributed by atoms with Crippen molar-refractivity contribution in [3.05, 3.63) is 105 Å². The molecule has 0 spiro atoms. The Balaban J connectivity index is 1.48. The molecule has 35 heavy (non-hydrogen) atoms. The van der Waals surface area contributed by atoms with Crippen LogP contribution in [-0.4, -0.2) is 21.6 Å². The molecule has 0 fully saturated rings. The Bertz CT molecular complexity index is 1560. The monoisotopic (exact) mass is 503 g/mol. The molecule has 8 heteroatoms. The van der Waals surface area contributed by atoms with E-state index in [1.807, 2.05) is 61.5 Å². The summed E-state index contributed by atoms with van der Waals surface area (Å²) in [5.41, 5.74) is 3.19. The van der Waals surface area contributed by atoms with Gasteiger partial charge in [-0.25, -0.2) is 9.97 Å². The van der Waals surface area contributed by atoms with E-state index in [4.69, 9.17) is 25.7 Å². The molecule has 0 aliphatic rings. The lowest BCUT2D eigenvalue weighted by Crippen LogP contribution is -2.24. The second-order valence-corrected chi connectivity index (χ2v) is 9.35. The first-order chi connectivity index (χ1) is 17.0. The summed E-state index contributed by atoms with van der Waals surface area (Å²) in [7, 11) is 1.63. The van der Waals surface area contributed by atoms with Gasteiger partial charge in [-0.2, -0.15) is 0 Å². The molecule has 0 aliphatic heterocycles. The molecule has 0 N–H and O–H groups in total. The zero-order valence-electron chi connectivity index (χ0n) is 19.2. The van der Waals surface area contributed by atoms with Crippen molar-refractivity contribution < 1.29 is 9.15 Å². The number of aryl methyl sites for hydroxylation is 1. The molecular weight excluding hydrogens is 482 g/mol. The number of nitrogens with zero attached hydrogens (tertiary/aromatic N) is 3. The van der Waals surface area contributed by atoms with Crippen LogP contribution in [0.3, 0.4) is 0 Å². The Morgan fingerprint density at radius 3 is 2.63 bits per heavy atom. The average Bonchev–Trinajstić information content (AvgIpc) is 3.25. The van der Waals surface area contributed by atoms with Crippen LogP contribution in [0.2, 0.25) is 5.02 Å². The van der Waals surface area contributed by atoms with E-state index in [0.29, 0.717) is 39.3 Å². The number of halogens is 1. The predicted molar refractivity (Wildman–Crippen MR) is 139 cm³/mol. The Hall–Kier alpha value is -3.55. The molecule has 0 saturated heterocycles. The lowest BCUT2D eigenvalue weighted by atomic mass is 10.2. The largest absolute Gasteiger partial charge is 0.497 e. The van der Waals surface area contributed by atoms with Crippen LogP contribution < -0.4 is 10.3 Å². The summed E-state index contributed by atoms with van der Waals surface area (Å²) < 4.78 is 13.0. The second-order valence-electron chi connectivity index (χ2n) is 7.97. The number of hydrogen-bond acceptors (Lipinski definition) is 6. The van der Waals surface area contributed by atoms with Crippen molar-refractivity contribution in [2.45, 2.75) is 24.4 Å². The van der Waals surface area contributed by atoms with Crippen LogP contribution in [0, 0.1) is 6.92 Å². The number of benzene rings is 3. The van der Waals surface area contributed by atoms with Crippen molar-refractivity contribution in [3.63, 3.8) is 0 Å². The normalized spacial score (nSPS) is 11.2. The third-order valence-electron chi connectivity index (χ3n) is 5.62. The van der Waals surface area contributed by atoms with Gasteiger partial charge in [0.1, 0.15) is 11.5 Å². The molecule has 3 aromatic carbocycles. The van der Waals surface area contributed by atoms with Crippen LogP contribution in [-0.2, 0) is 12.3 Å². The van der Waals surface area contributed by atoms with Gasteiger partial charge in [0.2, 0.25) is 5.89 Å². The molecule has 176 valence electrons. The molecular formula is C27H22ClN3O3S. The third-order valence-corrected chi connectivity index (χ3v) is 6.86. The number of para-hydroxylation sites is 1. The van der Waals surface area contributed by atoms with Crippen molar-refractivity contribution in [3.8, 4) is 17.2 Å². The standard InChI is InChI=1S/C27H22ClN3O3S/c1-17-24(29-25(34-17)19-10-12-20(28)13-11-19)16-35-27-30-23-9-4-3-8-22(23)26(32)31(27)15-18-6-5-7-21(14-18)33-2/h3-14H,15-16H2,1-2H3. The van der Waals surface area contributed by atoms with Gasteiger partial charge in [0.05, 0.1) is 30.3 Å². The molecule has 6 nitrogen and oxygen atoms in total. The van der Waals surface area contributed by atoms with E-state index >= 15 is 0 Å². The fraction of sp³-hybridized carbons (Fsp3) is 0.148. The number of thioether (sulfide) groups is 1. The maximum atomic E-state index is 13.4. The SMILES string of the molecule is COc1cccc(Cn2c(SCc3nc(-c4ccc(Cl)cc4)oc3C)nc3ccccc3c2=O)c1. The lowest BCUT2D eigenvalue weighted by Gasteiger charge is -2.13. The highest BCUT2D eigenvalue weighted by molar-refractivity contribution is 7.98. The minimum atomic E-state index is -0.0837. The molecule has 0 saturated carbocycles. The van der Waals surface area contributed by atoms with Gasteiger partial charge in [-0.05, 0) is 61.0 Å². The number of rotatable bonds is 7. The zero-order valence-corrected chi connectivity index (χ0v) is 20.8. The van der Waals surface area contributed by atoms with E-state index in [1.54, 1.807) is 29.9 Å². The summed E-state index contributed by atoms with van der Waals surface area (Å²) in [5, 5.41) is 1.86. The highest BCUT2D eigenvalue weighted by Crippen LogP contribution is 2.28. The van der Waals surface area contributed by atoms with Crippen molar-refractivity contribution in [2.75, 3.05) is 7.11 Å². The van der Waals surface area contributed by atoms with Gasteiger partial charge in [-0.3, -0.25) is 9.36 Å². The van der Waals surface area contributed by atoms with E-state index in [1.165, 1.54) is 11.8 Å². The van der Waals surface area contributed by atoms with Crippen LogP contribution in [0.25, 0.3) is 22.4 Å². The van der Waals surface area contributed by atoms with Crippen LogP contribution >= 0.6 is 23.4 Å². The number of aromatic nitrogens is 3. The van der Waals surface area contributed by atoms with Crippen LogP contribution in [0.5, 0.6) is 5.75 Å². The second kappa shape index (κ2) is 9.98. The predicted octanol–water partition coefficient (Wildman–Crippen LogP) is 6.36. The topological polar surface area (TPSA) is 70.2 Å². The maximum absolute atomic E-state index is 13.4. The summed E-state index contributed by atoms with van der Waals surface area (Å²) in [6.45, 7) is 2.27. The van der Waals surface area contributed by atoms with Gasteiger partial charge in [0, 0.05) is 16.3 Å². The van der Waals surface area contributed by atoms with E-state index in [2.05, 4.69) is 4.98 Å². The minimum absolute atomic E-state index is 0.0837. The molecule has 0 aliphatic carbocycles. The molecule has 0 unspecified atom stereocenters. The van der Waals surface area contributed by atoms with Crippen molar-refractivity contribution in [1.29, 1.82) is 0 Å². The van der Waals surface area contributed by atoms with Gasteiger partial charge in [-0.1, -0.05) is 47.6 Å². The highest BCUT2D eigenvalue weighted by atomic mass is 35.5. The van der Waals surface area contributed by atoms with Crippen molar-refractivity contribution in [1.82, 2.24) is 14.5 Å². The minimum Gasteiger partial charge on any atom is -0.497 e. The molecule has 0 radical (unpaired) electrons. The van der Waals surface area contributed by atoms with Gasteiger partial charge in [0.25, 0.3) is 5.56 Å². The van der Waals surface area contributed by atoms with Crippen molar-refractivity contribution >= 4 is 34.3 Å². The Labute approximate surface area is 211 Å². The number of methoxy groups -OCH3 is 1. The lowest BCUT2D eigenvalue weighted by molar-refractivity contribution is 0.414. The van der Waals surface area contributed by atoms with E-state index < -0.39 is 0 Å². The smallest absolute Gasteiger partial charge is 0.262 e. The molecule has 5 rings (SSSR count). The van der Waals surface area contributed by atoms with Gasteiger partial charge in [-0.15, -0.1) is 0 Å². The summed E-state index contributed by atoms with van der Waals surface area (Å²) in [4.78, 5) is 22.9. The molecule has 0 atom stereocenters.